The summed E-state index contributed by atoms with van der Waals surface area (Å²) in [6.45, 7) is 3.15. The Hall–Kier alpha value is -2.75. The number of nitrogens with one attached hydrogen (secondary N) is 1. The third-order valence-corrected chi connectivity index (χ3v) is 5.46. The van der Waals surface area contributed by atoms with Crippen molar-refractivity contribution in [3.63, 3.8) is 0 Å². The van der Waals surface area contributed by atoms with Gasteiger partial charge in [0.05, 0.1) is 12.2 Å². The van der Waals surface area contributed by atoms with Crippen molar-refractivity contribution < 1.29 is 14.3 Å². The van der Waals surface area contributed by atoms with Crippen LogP contribution in [0.5, 0.6) is 5.19 Å². The molecule has 0 spiro atoms. The number of hydrogen-bond acceptors (Lipinski definition) is 8. The van der Waals surface area contributed by atoms with E-state index in [2.05, 4.69) is 25.4 Å². The summed E-state index contributed by atoms with van der Waals surface area (Å²) in [5.74, 6) is 0.355. The molecular weight excluding hydrogens is 426 g/mol. The second kappa shape index (κ2) is 9.84. The van der Waals surface area contributed by atoms with Crippen LogP contribution in [-0.2, 0) is 11.3 Å². The molecule has 2 aromatic heterocycles. The fraction of sp³-hybridized carbons (Fsp3) is 0.300. The van der Waals surface area contributed by atoms with Crippen LogP contribution in [0.4, 0.5) is 10.9 Å². The van der Waals surface area contributed by atoms with E-state index in [1.54, 1.807) is 30.5 Å². The predicted octanol–water partition coefficient (Wildman–Crippen LogP) is 3.64. The summed E-state index contributed by atoms with van der Waals surface area (Å²) in [6.07, 6.45) is 2.58. The Balaban J connectivity index is 1.40. The van der Waals surface area contributed by atoms with Crippen LogP contribution in [0.25, 0.3) is 0 Å². The number of pyridine rings is 1. The molecule has 1 fully saturated rings. The quantitative estimate of drug-likeness (QED) is 0.619. The number of anilines is 2. The topological polar surface area (TPSA) is 89.5 Å². The van der Waals surface area contributed by atoms with Crippen molar-refractivity contribution in [1.29, 1.82) is 0 Å². The average Bonchev–Trinajstić information content (AvgIpc) is 3.04. The summed E-state index contributed by atoms with van der Waals surface area (Å²) in [6, 6.07) is 10.9. The number of hydrogen-bond donors (Lipinski definition) is 1. The molecule has 1 aromatic carbocycles. The van der Waals surface area contributed by atoms with Gasteiger partial charge in [0.25, 0.3) is 11.1 Å². The first kappa shape index (κ1) is 20.5. The van der Waals surface area contributed by atoms with Crippen LogP contribution in [0, 0.1) is 0 Å². The fourth-order valence-corrected chi connectivity index (χ4v) is 3.71. The van der Waals surface area contributed by atoms with Gasteiger partial charge in [-0.2, -0.15) is 0 Å². The van der Waals surface area contributed by atoms with E-state index < -0.39 is 0 Å². The molecule has 1 N–H and O–H groups in total. The minimum atomic E-state index is -0.288. The maximum absolute atomic E-state index is 12.9. The van der Waals surface area contributed by atoms with E-state index in [4.69, 9.17) is 21.1 Å². The Morgan fingerprint density at radius 1 is 1.20 bits per heavy atom. The normalized spacial score (nSPS) is 14.2. The molecule has 3 aromatic rings. The zero-order valence-corrected chi connectivity index (χ0v) is 17.7. The molecule has 1 amide bonds. The third-order valence-electron chi connectivity index (χ3n) is 4.46. The maximum atomic E-state index is 12.9. The van der Waals surface area contributed by atoms with Gasteiger partial charge in [-0.05, 0) is 47.6 Å². The van der Waals surface area contributed by atoms with Gasteiger partial charge < -0.3 is 14.4 Å². The Labute approximate surface area is 182 Å². The molecule has 1 aliphatic rings. The molecule has 8 nitrogen and oxygen atoms in total. The highest BCUT2D eigenvalue weighted by atomic mass is 35.5. The van der Waals surface area contributed by atoms with Gasteiger partial charge in [0, 0.05) is 30.9 Å². The first-order valence-corrected chi connectivity index (χ1v) is 10.7. The van der Waals surface area contributed by atoms with Crippen molar-refractivity contribution in [1.82, 2.24) is 15.2 Å². The minimum absolute atomic E-state index is 0.288. The number of carbonyl (C=O) groups is 1. The van der Waals surface area contributed by atoms with Gasteiger partial charge in [-0.25, -0.2) is 4.98 Å². The number of ether oxygens (including phenoxy) is 2. The molecule has 156 valence electrons. The lowest BCUT2D eigenvalue weighted by Gasteiger charge is -2.22. The highest BCUT2D eigenvalue weighted by molar-refractivity contribution is 7.17. The molecule has 0 radical (unpaired) electrons. The molecule has 30 heavy (non-hydrogen) atoms. The van der Waals surface area contributed by atoms with Gasteiger partial charge in [-0.3, -0.25) is 10.1 Å². The van der Waals surface area contributed by atoms with Crippen molar-refractivity contribution in [3.8, 4) is 5.19 Å². The van der Waals surface area contributed by atoms with Crippen LogP contribution in [0.1, 0.15) is 22.3 Å². The van der Waals surface area contributed by atoms with Crippen molar-refractivity contribution in [2.24, 2.45) is 0 Å². The van der Waals surface area contributed by atoms with E-state index in [1.165, 1.54) is 11.3 Å². The van der Waals surface area contributed by atoms with Crippen molar-refractivity contribution in [2.75, 3.05) is 36.5 Å². The molecule has 0 unspecified atom stereocenters. The molecule has 0 atom stereocenters. The standard InChI is InChI=1S/C20H20ClN5O3S/c21-15-6-4-14(5-7-15)13-29-20-25-24-19(30-20)23-18(27)16-3-1-8-22-17(16)26-9-2-11-28-12-10-26/h1,3-8H,2,9-13H2,(H,23,24,27). The van der Waals surface area contributed by atoms with Gasteiger partial charge in [0.2, 0.25) is 5.13 Å². The molecule has 0 bridgehead atoms. The average molecular weight is 446 g/mol. The number of halogens is 1. The smallest absolute Gasteiger partial charge is 0.296 e. The third kappa shape index (κ3) is 5.24. The van der Waals surface area contributed by atoms with Gasteiger partial charge in [-0.1, -0.05) is 28.8 Å². The van der Waals surface area contributed by atoms with Crippen LogP contribution >= 0.6 is 22.9 Å². The molecule has 0 saturated carbocycles. The first-order chi connectivity index (χ1) is 14.7. The van der Waals surface area contributed by atoms with Crippen molar-refractivity contribution in [3.05, 3.63) is 58.7 Å². The molecule has 0 aliphatic carbocycles. The molecule has 3 heterocycles. The lowest BCUT2D eigenvalue weighted by Crippen LogP contribution is -2.29. The predicted molar refractivity (Wildman–Crippen MR) is 116 cm³/mol. The van der Waals surface area contributed by atoms with E-state index in [0.29, 0.717) is 53.1 Å². The number of aromatic nitrogens is 3. The zero-order valence-electron chi connectivity index (χ0n) is 16.1. The van der Waals surface area contributed by atoms with Crippen LogP contribution in [0.15, 0.2) is 42.6 Å². The van der Waals surface area contributed by atoms with E-state index in [1.807, 2.05) is 12.1 Å². The summed E-state index contributed by atoms with van der Waals surface area (Å²) < 4.78 is 11.1. The summed E-state index contributed by atoms with van der Waals surface area (Å²) in [4.78, 5) is 19.4. The Kier molecular flexibility index (Phi) is 6.73. The SMILES string of the molecule is O=C(Nc1nnc(OCc2ccc(Cl)cc2)s1)c1cccnc1N1CCCOCC1. The monoisotopic (exact) mass is 445 g/mol. The molecule has 1 aliphatic heterocycles. The number of nitrogens with zero attached hydrogens (tertiary/aromatic N) is 4. The second-order valence-corrected chi connectivity index (χ2v) is 7.95. The number of carbonyl (C=O) groups excluding carboxylic acids is 1. The van der Waals surface area contributed by atoms with Crippen molar-refractivity contribution in [2.45, 2.75) is 13.0 Å². The second-order valence-electron chi connectivity index (χ2n) is 6.57. The van der Waals surface area contributed by atoms with E-state index in [-0.39, 0.29) is 5.91 Å². The summed E-state index contributed by atoms with van der Waals surface area (Å²) in [5, 5.41) is 12.2. The summed E-state index contributed by atoms with van der Waals surface area (Å²) in [7, 11) is 0. The maximum Gasteiger partial charge on any atom is 0.296 e. The van der Waals surface area contributed by atoms with E-state index in [9.17, 15) is 4.79 Å². The largest absolute Gasteiger partial charge is 0.464 e. The summed E-state index contributed by atoms with van der Waals surface area (Å²) >= 11 is 7.05. The first-order valence-electron chi connectivity index (χ1n) is 9.49. The van der Waals surface area contributed by atoms with E-state index >= 15 is 0 Å². The Bertz CT molecular complexity index is 990. The molecular formula is C20H20ClN5O3S. The summed E-state index contributed by atoms with van der Waals surface area (Å²) in [5.41, 5.74) is 1.44. The van der Waals surface area contributed by atoms with Gasteiger partial charge >= 0.3 is 0 Å². The zero-order chi connectivity index (χ0) is 20.8. The number of rotatable bonds is 6. The Morgan fingerprint density at radius 2 is 2.07 bits per heavy atom. The van der Waals surface area contributed by atoms with Crippen LogP contribution < -0.4 is 15.0 Å². The van der Waals surface area contributed by atoms with Crippen LogP contribution in [-0.4, -0.2) is 47.4 Å². The lowest BCUT2D eigenvalue weighted by atomic mass is 10.2. The highest BCUT2D eigenvalue weighted by Crippen LogP contribution is 2.25. The van der Waals surface area contributed by atoms with Crippen LogP contribution in [0.3, 0.4) is 0 Å². The van der Waals surface area contributed by atoms with Gasteiger partial charge in [-0.15, -0.1) is 5.10 Å². The minimum Gasteiger partial charge on any atom is -0.464 e. The van der Waals surface area contributed by atoms with Gasteiger partial charge in [0.1, 0.15) is 12.4 Å². The molecule has 4 rings (SSSR count). The van der Waals surface area contributed by atoms with Crippen molar-refractivity contribution >= 4 is 39.8 Å². The van der Waals surface area contributed by atoms with E-state index in [0.717, 1.165) is 18.5 Å². The van der Waals surface area contributed by atoms with Gasteiger partial charge in [0.15, 0.2) is 0 Å². The molecule has 1 saturated heterocycles. The number of benzene rings is 1. The highest BCUT2D eigenvalue weighted by Gasteiger charge is 2.20. The lowest BCUT2D eigenvalue weighted by molar-refractivity contribution is 0.102. The molecule has 10 heteroatoms. The Morgan fingerprint density at radius 3 is 2.93 bits per heavy atom. The fourth-order valence-electron chi connectivity index (χ4n) is 2.99. The van der Waals surface area contributed by atoms with Crippen LogP contribution in [0.2, 0.25) is 5.02 Å². The number of amides is 1.